The fourth-order valence-corrected chi connectivity index (χ4v) is 3.40. The van der Waals surface area contributed by atoms with Crippen molar-refractivity contribution in [2.75, 3.05) is 5.32 Å². The summed E-state index contributed by atoms with van der Waals surface area (Å²) >= 11 is 0. The summed E-state index contributed by atoms with van der Waals surface area (Å²) < 4.78 is 0. The van der Waals surface area contributed by atoms with Gasteiger partial charge in [-0.1, -0.05) is 36.4 Å². The molecule has 0 radical (unpaired) electrons. The van der Waals surface area contributed by atoms with E-state index < -0.39 is 6.04 Å². The number of aromatic nitrogens is 1. The van der Waals surface area contributed by atoms with Gasteiger partial charge in [0, 0.05) is 35.8 Å². The van der Waals surface area contributed by atoms with Crippen molar-refractivity contribution in [1.29, 1.82) is 0 Å². The van der Waals surface area contributed by atoms with E-state index in [0.29, 0.717) is 19.4 Å². The van der Waals surface area contributed by atoms with Crippen LogP contribution in [0.15, 0.2) is 60.8 Å². The second kappa shape index (κ2) is 6.43. The second-order valence-corrected chi connectivity index (χ2v) is 6.29. The molecule has 2 heterocycles. The number of anilines is 1. The standard InChI is InChI=1S/C20H19N3O2/c24-19-11-10-18(20(25)22-15-6-2-1-3-7-15)23(19)13-14-12-21-17-9-5-4-8-16(14)17/h1-9,12,18,21H,10-11,13H2,(H,22,25)/t18-/m1/s1. The molecule has 126 valence electrons. The number of carbonyl (C=O) groups is 2. The van der Waals surface area contributed by atoms with E-state index in [1.807, 2.05) is 60.8 Å². The summed E-state index contributed by atoms with van der Waals surface area (Å²) in [5.74, 6) is -0.101. The number of carbonyl (C=O) groups excluding carboxylic acids is 2. The molecule has 5 nitrogen and oxygen atoms in total. The van der Waals surface area contributed by atoms with E-state index in [1.54, 1.807) is 4.90 Å². The van der Waals surface area contributed by atoms with E-state index in [4.69, 9.17) is 0 Å². The van der Waals surface area contributed by atoms with Gasteiger partial charge in [0.25, 0.3) is 0 Å². The minimum absolute atomic E-state index is 0.0264. The van der Waals surface area contributed by atoms with Gasteiger partial charge in [0.05, 0.1) is 0 Å². The third kappa shape index (κ3) is 3.01. The molecule has 2 N–H and O–H groups in total. The zero-order valence-corrected chi connectivity index (χ0v) is 13.7. The van der Waals surface area contributed by atoms with Crippen LogP contribution in [0, 0.1) is 0 Å². The van der Waals surface area contributed by atoms with Crippen LogP contribution in [0.3, 0.4) is 0 Å². The molecule has 1 saturated heterocycles. The lowest BCUT2D eigenvalue weighted by atomic mass is 10.1. The summed E-state index contributed by atoms with van der Waals surface area (Å²) in [7, 11) is 0. The van der Waals surface area contributed by atoms with E-state index in [9.17, 15) is 9.59 Å². The largest absolute Gasteiger partial charge is 0.361 e. The van der Waals surface area contributed by atoms with Gasteiger partial charge in [-0.3, -0.25) is 9.59 Å². The fourth-order valence-electron chi connectivity index (χ4n) is 3.40. The van der Waals surface area contributed by atoms with Crippen molar-refractivity contribution >= 4 is 28.4 Å². The normalized spacial score (nSPS) is 17.2. The van der Waals surface area contributed by atoms with Crippen LogP contribution in [0.25, 0.3) is 10.9 Å². The highest BCUT2D eigenvalue weighted by atomic mass is 16.2. The average Bonchev–Trinajstić information content (AvgIpc) is 3.21. The predicted molar refractivity (Wildman–Crippen MR) is 96.9 cm³/mol. The number of amides is 2. The molecule has 1 aliphatic heterocycles. The minimum Gasteiger partial charge on any atom is -0.361 e. The lowest BCUT2D eigenvalue weighted by molar-refractivity contribution is -0.133. The lowest BCUT2D eigenvalue weighted by Gasteiger charge is -2.24. The molecule has 5 heteroatoms. The van der Waals surface area contributed by atoms with Gasteiger partial charge >= 0.3 is 0 Å². The van der Waals surface area contributed by atoms with Crippen LogP contribution >= 0.6 is 0 Å². The first kappa shape index (κ1) is 15.4. The highest BCUT2D eigenvalue weighted by Crippen LogP contribution is 2.26. The van der Waals surface area contributed by atoms with Crippen LogP contribution in [0.4, 0.5) is 5.69 Å². The maximum atomic E-state index is 12.6. The Morgan fingerprint density at radius 2 is 1.88 bits per heavy atom. The summed E-state index contributed by atoms with van der Waals surface area (Å²) in [5, 5.41) is 4.00. The van der Waals surface area contributed by atoms with Gasteiger partial charge in [-0.2, -0.15) is 0 Å². The molecule has 0 saturated carbocycles. The van der Waals surface area contributed by atoms with Crippen LogP contribution in [-0.2, 0) is 16.1 Å². The molecular weight excluding hydrogens is 314 g/mol. The van der Waals surface area contributed by atoms with Crippen molar-refractivity contribution < 1.29 is 9.59 Å². The Labute approximate surface area is 145 Å². The first-order valence-electron chi connectivity index (χ1n) is 8.43. The van der Waals surface area contributed by atoms with Crippen molar-refractivity contribution in [3.8, 4) is 0 Å². The Balaban J connectivity index is 1.54. The van der Waals surface area contributed by atoms with E-state index in [2.05, 4.69) is 10.3 Å². The predicted octanol–water partition coefficient (Wildman–Crippen LogP) is 3.30. The van der Waals surface area contributed by atoms with E-state index in [1.165, 1.54) is 0 Å². The van der Waals surface area contributed by atoms with E-state index >= 15 is 0 Å². The van der Waals surface area contributed by atoms with Gasteiger partial charge in [-0.15, -0.1) is 0 Å². The smallest absolute Gasteiger partial charge is 0.247 e. The van der Waals surface area contributed by atoms with Crippen molar-refractivity contribution in [2.45, 2.75) is 25.4 Å². The summed E-state index contributed by atoms with van der Waals surface area (Å²) in [4.78, 5) is 29.9. The van der Waals surface area contributed by atoms with E-state index in [0.717, 1.165) is 22.2 Å². The van der Waals surface area contributed by atoms with Gasteiger partial charge in [-0.05, 0) is 30.2 Å². The molecule has 1 atom stereocenters. The SMILES string of the molecule is O=C(Nc1ccccc1)[C@H]1CCC(=O)N1Cc1c[nH]c2ccccc12. The number of para-hydroxylation sites is 2. The van der Waals surface area contributed by atoms with Crippen LogP contribution in [-0.4, -0.2) is 27.7 Å². The van der Waals surface area contributed by atoms with Crippen LogP contribution < -0.4 is 5.32 Å². The van der Waals surface area contributed by atoms with Crippen LogP contribution in [0.1, 0.15) is 18.4 Å². The number of hydrogen-bond acceptors (Lipinski definition) is 2. The Hall–Kier alpha value is -3.08. The monoisotopic (exact) mass is 333 g/mol. The van der Waals surface area contributed by atoms with Gasteiger partial charge in [0.2, 0.25) is 11.8 Å². The molecule has 0 bridgehead atoms. The first-order chi connectivity index (χ1) is 12.2. The highest BCUT2D eigenvalue weighted by molar-refractivity contribution is 5.99. The Kier molecular flexibility index (Phi) is 3.98. The highest BCUT2D eigenvalue weighted by Gasteiger charge is 2.36. The zero-order valence-electron chi connectivity index (χ0n) is 13.7. The summed E-state index contributed by atoms with van der Waals surface area (Å²) in [6.45, 7) is 0.440. The third-order valence-electron chi connectivity index (χ3n) is 4.69. The van der Waals surface area contributed by atoms with Gasteiger partial charge in [0.15, 0.2) is 0 Å². The number of nitrogens with zero attached hydrogens (tertiary/aromatic N) is 1. The lowest BCUT2D eigenvalue weighted by Crippen LogP contribution is -2.41. The number of fused-ring (bicyclic) bond motifs is 1. The number of hydrogen-bond donors (Lipinski definition) is 2. The van der Waals surface area contributed by atoms with Gasteiger partial charge in [0.1, 0.15) is 6.04 Å². The topological polar surface area (TPSA) is 65.2 Å². The second-order valence-electron chi connectivity index (χ2n) is 6.29. The molecule has 2 amide bonds. The van der Waals surface area contributed by atoms with Crippen molar-refractivity contribution in [3.63, 3.8) is 0 Å². The van der Waals surface area contributed by atoms with E-state index in [-0.39, 0.29) is 11.8 Å². The van der Waals surface area contributed by atoms with Crippen molar-refractivity contribution in [1.82, 2.24) is 9.88 Å². The Bertz CT molecular complexity index is 917. The zero-order chi connectivity index (χ0) is 17.2. The maximum Gasteiger partial charge on any atom is 0.247 e. The molecule has 4 rings (SSSR count). The number of rotatable bonds is 4. The number of aromatic amines is 1. The number of benzene rings is 2. The third-order valence-corrected chi connectivity index (χ3v) is 4.69. The first-order valence-corrected chi connectivity index (χ1v) is 8.43. The molecule has 1 aromatic heterocycles. The molecule has 0 spiro atoms. The number of nitrogens with one attached hydrogen (secondary N) is 2. The molecule has 1 fully saturated rings. The number of likely N-dealkylation sites (tertiary alicyclic amines) is 1. The molecule has 3 aromatic rings. The van der Waals surface area contributed by atoms with Gasteiger partial charge in [-0.25, -0.2) is 0 Å². The molecule has 1 aliphatic rings. The Morgan fingerprint density at radius 3 is 2.72 bits per heavy atom. The number of H-pyrrole nitrogens is 1. The van der Waals surface area contributed by atoms with Gasteiger partial charge < -0.3 is 15.2 Å². The molecule has 2 aromatic carbocycles. The molecule has 0 unspecified atom stereocenters. The van der Waals surface area contributed by atoms with Crippen LogP contribution in [0.2, 0.25) is 0 Å². The molecule has 0 aliphatic carbocycles. The molecular formula is C20H19N3O2. The fraction of sp³-hybridized carbons (Fsp3) is 0.200. The molecule has 25 heavy (non-hydrogen) atoms. The summed E-state index contributed by atoms with van der Waals surface area (Å²) in [5.41, 5.74) is 2.82. The van der Waals surface area contributed by atoms with Crippen LogP contribution in [0.5, 0.6) is 0 Å². The summed E-state index contributed by atoms with van der Waals surface area (Å²) in [6, 6.07) is 16.9. The quantitative estimate of drug-likeness (QED) is 0.769. The Morgan fingerprint density at radius 1 is 1.12 bits per heavy atom. The summed E-state index contributed by atoms with van der Waals surface area (Å²) in [6.07, 6.45) is 2.89. The minimum atomic E-state index is -0.429. The maximum absolute atomic E-state index is 12.6. The van der Waals surface area contributed by atoms with Crippen molar-refractivity contribution in [3.05, 3.63) is 66.4 Å². The van der Waals surface area contributed by atoms with Crippen molar-refractivity contribution in [2.24, 2.45) is 0 Å². The average molecular weight is 333 g/mol.